The molecule has 76 valence electrons. The van der Waals surface area contributed by atoms with Crippen LogP contribution >= 0.6 is 23.2 Å². The number of halogens is 5. The van der Waals surface area contributed by atoms with Crippen LogP contribution in [0, 0.1) is 0 Å². The lowest BCUT2D eigenvalue weighted by atomic mass is 10.1. The van der Waals surface area contributed by atoms with E-state index in [0.717, 1.165) is 6.07 Å². The summed E-state index contributed by atoms with van der Waals surface area (Å²) in [5.41, 5.74) is -0.633. The Balaban J connectivity index is 3.21. The maximum Gasteiger partial charge on any atom is 0.454 e. The van der Waals surface area contributed by atoms with Crippen LogP contribution < -0.4 is 0 Å². The summed E-state index contributed by atoms with van der Waals surface area (Å²) in [5.74, 6) is -2.00. The lowest BCUT2D eigenvalue weighted by Crippen LogP contribution is -2.23. The quantitative estimate of drug-likeness (QED) is 0.686. The van der Waals surface area contributed by atoms with E-state index in [1.165, 1.54) is 12.1 Å². The molecule has 0 amide bonds. The highest BCUT2D eigenvalue weighted by atomic mass is 35.5. The molecular formula is C8H3Cl2F3O. The molecule has 0 aliphatic heterocycles. The lowest BCUT2D eigenvalue weighted by molar-refractivity contribution is -0.0885. The molecule has 0 radical (unpaired) electrons. The van der Waals surface area contributed by atoms with E-state index in [1.807, 2.05) is 0 Å². The third kappa shape index (κ3) is 2.19. The van der Waals surface area contributed by atoms with Crippen molar-refractivity contribution in [3.8, 4) is 0 Å². The Hall–Kier alpha value is -0.740. The highest BCUT2D eigenvalue weighted by Crippen LogP contribution is 2.30. The molecule has 0 atom stereocenters. The average molecular weight is 243 g/mol. The van der Waals surface area contributed by atoms with Gasteiger partial charge in [0.25, 0.3) is 5.78 Å². The number of hydrogen-bond donors (Lipinski definition) is 0. The zero-order valence-electron chi connectivity index (χ0n) is 6.53. The number of Topliss-reactive ketones (excluding diaryl/α,β-unsaturated/α-hetero) is 1. The van der Waals surface area contributed by atoms with E-state index in [9.17, 15) is 18.0 Å². The minimum atomic E-state index is -4.94. The van der Waals surface area contributed by atoms with Crippen molar-refractivity contribution < 1.29 is 18.0 Å². The molecule has 0 saturated carbocycles. The standard InChI is InChI=1S/C8H3Cl2F3O/c9-5-3-1-2-4(6(5)10)7(14)8(11,12)13/h1-3H. The Kier molecular flexibility index (Phi) is 3.07. The Morgan fingerprint density at radius 3 is 2.29 bits per heavy atom. The fourth-order valence-electron chi connectivity index (χ4n) is 0.832. The van der Waals surface area contributed by atoms with E-state index < -0.39 is 17.5 Å². The van der Waals surface area contributed by atoms with Crippen molar-refractivity contribution in [2.45, 2.75) is 6.18 Å². The van der Waals surface area contributed by atoms with Gasteiger partial charge in [0.1, 0.15) is 0 Å². The Labute approximate surface area is 87.4 Å². The molecule has 0 aliphatic carbocycles. The molecule has 0 bridgehead atoms. The molecule has 14 heavy (non-hydrogen) atoms. The van der Waals surface area contributed by atoms with Crippen LogP contribution in [0.2, 0.25) is 10.0 Å². The van der Waals surface area contributed by atoms with Crippen molar-refractivity contribution in [3.05, 3.63) is 33.8 Å². The van der Waals surface area contributed by atoms with Gasteiger partial charge in [-0.05, 0) is 12.1 Å². The molecule has 1 aromatic rings. The Morgan fingerprint density at radius 1 is 1.21 bits per heavy atom. The predicted molar refractivity (Wildman–Crippen MR) is 46.8 cm³/mol. The fraction of sp³-hybridized carbons (Fsp3) is 0.125. The van der Waals surface area contributed by atoms with Crippen molar-refractivity contribution in [2.75, 3.05) is 0 Å². The lowest BCUT2D eigenvalue weighted by Gasteiger charge is -2.07. The van der Waals surface area contributed by atoms with E-state index in [1.54, 1.807) is 0 Å². The first-order valence-corrected chi connectivity index (χ1v) is 4.15. The van der Waals surface area contributed by atoms with Gasteiger partial charge in [-0.2, -0.15) is 13.2 Å². The highest BCUT2D eigenvalue weighted by molar-refractivity contribution is 6.44. The van der Waals surface area contributed by atoms with Gasteiger partial charge >= 0.3 is 6.18 Å². The molecule has 6 heteroatoms. The third-order valence-electron chi connectivity index (χ3n) is 1.45. The van der Waals surface area contributed by atoms with Gasteiger partial charge in [0, 0.05) is 5.56 Å². The predicted octanol–water partition coefficient (Wildman–Crippen LogP) is 3.74. The molecule has 0 N–H and O–H groups in total. The second-order valence-corrected chi connectivity index (χ2v) is 3.21. The fourth-order valence-corrected chi connectivity index (χ4v) is 1.22. The largest absolute Gasteiger partial charge is 0.454 e. The summed E-state index contributed by atoms with van der Waals surface area (Å²) in [6, 6.07) is 3.51. The zero-order valence-corrected chi connectivity index (χ0v) is 8.04. The number of rotatable bonds is 1. The van der Waals surface area contributed by atoms with Gasteiger partial charge in [-0.3, -0.25) is 4.79 Å². The number of ketones is 1. The topological polar surface area (TPSA) is 17.1 Å². The van der Waals surface area contributed by atoms with Gasteiger partial charge in [0.2, 0.25) is 0 Å². The van der Waals surface area contributed by atoms with Crippen molar-refractivity contribution in [1.29, 1.82) is 0 Å². The summed E-state index contributed by atoms with van der Waals surface area (Å²) in [6.45, 7) is 0. The van der Waals surface area contributed by atoms with Crippen molar-refractivity contribution in [2.24, 2.45) is 0 Å². The molecular weight excluding hydrogens is 240 g/mol. The summed E-state index contributed by atoms with van der Waals surface area (Å²) in [6.07, 6.45) is -4.94. The number of alkyl halides is 3. The zero-order chi connectivity index (χ0) is 10.9. The van der Waals surface area contributed by atoms with Gasteiger partial charge < -0.3 is 0 Å². The Bertz CT molecular complexity index is 373. The molecule has 1 aromatic carbocycles. The van der Waals surface area contributed by atoms with Crippen LogP contribution in [-0.4, -0.2) is 12.0 Å². The molecule has 0 aromatic heterocycles. The van der Waals surface area contributed by atoms with E-state index >= 15 is 0 Å². The number of carbonyl (C=O) groups excluding carboxylic acids is 1. The Morgan fingerprint density at radius 2 is 1.79 bits per heavy atom. The van der Waals surface area contributed by atoms with E-state index in [2.05, 4.69) is 0 Å². The summed E-state index contributed by atoms with van der Waals surface area (Å²) >= 11 is 10.9. The number of carbonyl (C=O) groups is 1. The van der Waals surface area contributed by atoms with Crippen LogP contribution in [0.25, 0.3) is 0 Å². The van der Waals surface area contributed by atoms with Gasteiger partial charge in [-0.25, -0.2) is 0 Å². The van der Waals surface area contributed by atoms with E-state index in [-0.39, 0.29) is 10.0 Å². The molecule has 0 heterocycles. The molecule has 1 nitrogen and oxygen atoms in total. The first-order valence-electron chi connectivity index (χ1n) is 3.39. The smallest absolute Gasteiger partial charge is 0.284 e. The second-order valence-electron chi connectivity index (χ2n) is 2.43. The SMILES string of the molecule is O=C(c1cccc(Cl)c1Cl)C(F)(F)F. The molecule has 0 fully saturated rings. The van der Waals surface area contributed by atoms with Crippen LogP contribution in [0.3, 0.4) is 0 Å². The second kappa shape index (κ2) is 3.79. The minimum absolute atomic E-state index is 0.0817. The first-order chi connectivity index (χ1) is 6.34. The molecule has 0 aliphatic rings. The summed E-state index contributed by atoms with van der Waals surface area (Å²) in [4.78, 5) is 10.8. The van der Waals surface area contributed by atoms with Crippen LogP contribution in [0.4, 0.5) is 13.2 Å². The van der Waals surface area contributed by atoms with Crippen LogP contribution in [0.1, 0.15) is 10.4 Å². The van der Waals surface area contributed by atoms with Crippen molar-refractivity contribution >= 4 is 29.0 Å². The molecule has 0 saturated heterocycles. The van der Waals surface area contributed by atoms with Crippen molar-refractivity contribution in [3.63, 3.8) is 0 Å². The van der Waals surface area contributed by atoms with Gasteiger partial charge in [0.15, 0.2) is 0 Å². The molecule has 0 unspecified atom stereocenters. The molecule has 0 spiro atoms. The van der Waals surface area contributed by atoms with E-state index in [0.29, 0.717) is 0 Å². The highest BCUT2D eigenvalue weighted by Gasteiger charge is 2.40. The summed E-state index contributed by atoms with van der Waals surface area (Å²) in [5, 5.41) is -0.460. The van der Waals surface area contributed by atoms with Crippen LogP contribution in [0.15, 0.2) is 18.2 Å². The molecule has 1 rings (SSSR count). The van der Waals surface area contributed by atoms with Gasteiger partial charge in [-0.1, -0.05) is 29.3 Å². The van der Waals surface area contributed by atoms with E-state index in [4.69, 9.17) is 23.2 Å². The first kappa shape index (κ1) is 11.3. The summed E-state index contributed by atoms with van der Waals surface area (Å²) in [7, 11) is 0. The van der Waals surface area contributed by atoms with Gasteiger partial charge in [-0.15, -0.1) is 0 Å². The van der Waals surface area contributed by atoms with Gasteiger partial charge in [0.05, 0.1) is 10.0 Å². The normalized spacial score (nSPS) is 11.5. The van der Waals surface area contributed by atoms with Crippen LogP contribution in [-0.2, 0) is 0 Å². The number of benzene rings is 1. The maximum atomic E-state index is 12.0. The summed E-state index contributed by atoms with van der Waals surface area (Å²) < 4.78 is 36.0. The minimum Gasteiger partial charge on any atom is -0.284 e. The number of hydrogen-bond acceptors (Lipinski definition) is 1. The van der Waals surface area contributed by atoms with Crippen molar-refractivity contribution in [1.82, 2.24) is 0 Å². The average Bonchev–Trinajstić information content (AvgIpc) is 2.07. The van der Waals surface area contributed by atoms with Crippen LogP contribution in [0.5, 0.6) is 0 Å². The monoisotopic (exact) mass is 242 g/mol. The third-order valence-corrected chi connectivity index (χ3v) is 2.27. The maximum absolute atomic E-state index is 12.0.